The predicted octanol–water partition coefficient (Wildman–Crippen LogP) is 3.76. The molecule has 0 atom stereocenters. The van der Waals surface area contributed by atoms with E-state index in [4.69, 9.17) is 4.74 Å². The smallest absolute Gasteiger partial charge is 0.407 e. The third kappa shape index (κ3) is 3.69. The number of nitrogens with one attached hydrogen (secondary N) is 2. The summed E-state index contributed by atoms with van der Waals surface area (Å²) in [5, 5.41) is 2.77. The van der Waals surface area contributed by atoms with E-state index in [1.165, 1.54) is 22.3 Å². The van der Waals surface area contributed by atoms with Crippen LogP contribution < -0.4 is 10.9 Å². The molecular formula is C23H22N2O3. The fourth-order valence-electron chi connectivity index (χ4n) is 3.86. The number of rotatable bonds is 5. The van der Waals surface area contributed by atoms with Gasteiger partial charge in [-0.2, -0.15) is 0 Å². The SMILES string of the molecule is Cc1cc(CCNC(=O)OCC2c3ccccc3-c3ccccc32)cc(=O)[nH]1. The second kappa shape index (κ2) is 7.72. The average Bonchev–Trinajstić information content (AvgIpc) is 3.00. The van der Waals surface area contributed by atoms with Crippen molar-refractivity contribution in [2.24, 2.45) is 0 Å². The van der Waals surface area contributed by atoms with Gasteiger partial charge in [-0.3, -0.25) is 4.79 Å². The maximum absolute atomic E-state index is 12.1. The van der Waals surface area contributed by atoms with Crippen LogP contribution in [0.25, 0.3) is 11.1 Å². The molecule has 3 aromatic rings. The minimum absolute atomic E-state index is 0.0495. The normalized spacial score (nSPS) is 12.3. The second-order valence-corrected chi connectivity index (χ2v) is 7.04. The van der Waals surface area contributed by atoms with Gasteiger partial charge in [-0.1, -0.05) is 48.5 Å². The van der Waals surface area contributed by atoms with Crippen molar-refractivity contribution in [2.75, 3.05) is 13.2 Å². The van der Waals surface area contributed by atoms with Crippen molar-refractivity contribution < 1.29 is 9.53 Å². The van der Waals surface area contributed by atoms with Crippen molar-refractivity contribution in [3.63, 3.8) is 0 Å². The summed E-state index contributed by atoms with van der Waals surface area (Å²) in [5.74, 6) is 0.0495. The topological polar surface area (TPSA) is 71.2 Å². The van der Waals surface area contributed by atoms with E-state index in [2.05, 4.69) is 34.6 Å². The van der Waals surface area contributed by atoms with Crippen LogP contribution in [0.15, 0.2) is 65.5 Å². The van der Waals surface area contributed by atoms with E-state index in [1.54, 1.807) is 6.07 Å². The molecule has 1 amide bonds. The number of pyridine rings is 1. The summed E-state index contributed by atoms with van der Waals surface area (Å²) in [5.41, 5.74) is 6.36. The molecule has 5 nitrogen and oxygen atoms in total. The highest BCUT2D eigenvalue weighted by Crippen LogP contribution is 2.44. The molecule has 2 aromatic carbocycles. The fraction of sp³-hybridized carbons (Fsp3) is 0.217. The molecule has 0 fully saturated rings. The number of H-pyrrole nitrogens is 1. The van der Waals surface area contributed by atoms with Crippen LogP contribution in [0.3, 0.4) is 0 Å². The van der Waals surface area contributed by atoms with Gasteiger partial charge in [-0.05, 0) is 47.2 Å². The van der Waals surface area contributed by atoms with E-state index in [0.29, 0.717) is 19.6 Å². The molecule has 1 aliphatic rings. The van der Waals surface area contributed by atoms with Crippen LogP contribution in [-0.2, 0) is 11.2 Å². The lowest BCUT2D eigenvalue weighted by molar-refractivity contribution is 0.143. The maximum Gasteiger partial charge on any atom is 0.407 e. The Labute approximate surface area is 163 Å². The van der Waals surface area contributed by atoms with Crippen molar-refractivity contribution in [3.8, 4) is 11.1 Å². The number of benzene rings is 2. The van der Waals surface area contributed by atoms with E-state index in [0.717, 1.165) is 11.3 Å². The molecule has 28 heavy (non-hydrogen) atoms. The number of alkyl carbamates (subject to hydrolysis) is 1. The number of hydrogen-bond acceptors (Lipinski definition) is 3. The third-order valence-electron chi connectivity index (χ3n) is 5.07. The quantitative estimate of drug-likeness (QED) is 0.714. The molecule has 0 aliphatic heterocycles. The van der Waals surface area contributed by atoms with Crippen LogP contribution in [0.4, 0.5) is 4.79 Å². The highest BCUT2D eigenvalue weighted by Gasteiger charge is 2.28. The Kier molecular flexibility index (Phi) is 4.98. The molecule has 5 heteroatoms. The Morgan fingerprint density at radius 3 is 2.32 bits per heavy atom. The number of aromatic nitrogens is 1. The number of ether oxygens (including phenoxy) is 1. The van der Waals surface area contributed by atoms with Crippen molar-refractivity contribution in [3.05, 3.63) is 93.4 Å². The Hall–Kier alpha value is -3.34. The van der Waals surface area contributed by atoms with E-state index in [9.17, 15) is 9.59 Å². The van der Waals surface area contributed by atoms with E-state index >= 15 is 0 Å². The first kappa shape index (κ1) is 18.0. The monoisotopic (exact) mass is 374 g/mol. The Bertz CT molecular complexity index is 1030. The number of carbonyl (C=O) groups is 1. The van der Waals surface area contributed by atoms with Gasteiger partial charge in [-0.15, -0.1) is 0 Å². The first-order valence-corrected chi connectivity index (χ1v) is 9.40. The highest BCUT2D eigenvalue weighted by atomic mass is 16.5. The summed E-state index contributed by atoms with van der Waals surface area (Å²) in [6.45, 7) is 2.55. The molecule has 4 rings (SSSR count). The van der Waals surface area contributed by atoms with E-state index in [1.807, 2.05) is 37.3 Å². The van der Waals surface area contributed by atoms with E-state index in [-0.39, 0.29) is 11.5 Å². The van der Waals surface area contributed by atoms with Gasteiger partial charge in [0.05, 0.1) is 0 Å². The largest absolute Gasteiger partial charge is 0.449 e. The summed E-state index contributed by atoms with van der Waals surface area (Å²) in [7, 11) is 0. The number of fused-ring (bicyclic) bond motifs is 3. The summed E-state index contributed by atoms with van der Waals surface area (Å²) in [6.07, 6.45) is 0.137. The van der Waals surface area contributed by atoms with Gasteiger partial charge in [0.2, 0.25) is 5.56 Å². The lowest BCUT2D eigenvalue weighted by Gasteiger charge is -2.14. The highest BCUT2D eigenvalue weighted by molar-refractivity contribution is 5.79. The molecule has 0 radical (unpaired) electrons. The fourth-order valence-corrected chi connectivity index (χ4v) is 3.86. The summed E-state index contributed by atoms with van der Waals surface area (Å²) in [6, 6.07) is 19.9. The van der Waals surface area contributed by atoms with Crippen molar-refractivity contribution in [1.29, 1.82) is 0 Å². The minimum Gasteiger partial charge on any atom is -0.449 e. The lowest BCUT2D eigenvalue weighted by atomic mass is 9.98. The third-order valence-corrected chi connectivity index (χ3v) is 5.07. The van der Waals surface area contributed by atoms with Crippen LogP contribution in [-0.4, -0.2) is 24.2 Å². The molecule has 1 aliphatic carbocycles. The van der Waals surface area contributed by atoms with Gasteiger partial charge < -0.3 is 15.0 Å². The van der Waals surface area contributed by atoms with Gasteiger partial charge in [0.1, 0.15) is 6.61 Å². The predicted molar refractivity (Wildman–Crippen MR) is 109 cm³/mol. The summed E-state index contributed by atoms with van der Waals surface area (Å²) < 4.78 is 5.51. The lowest BCUT2D eigenvalue weighted by Crippen LogP contribution is -2.28. The summed E-state index contributed by atoms with van der Waals surface area (Å²) >= 11 is 0. The van der Waals surface area contributed by atoms with Crippen molar-refractivity contribution in [1.82, 2.24) is 10.3 Å². The number of aryl methyl sites for hydroxylation is 1. The van der Waals surface area contributed by atoms with Crippen LogP contribution >= 0.6 is 0 Å². The Balaban J connectivity index is 1.35. The molecule has 142 valence electrons. The zero-order chi connectivity index (χ0) is 19.5. The molecule has 0 saturated heterocycles. The molecule has 0 bridgehead atoms. The average molecular weight is 374 g/mol. The van der Waals surface area contributed by atoms with Crippen LogP contribution in [0.1, 0.15) is 28.3 Å². The van der Waals surface area contributed by atoms with Gasteiger partial charge in [0.25, 0.3) is 0 Å². The first-order chi connectivity index (χ1) is 13.6. The van der Waals surface area contributed by atoms with Crippen molar-refractivity contribution >= 4 is 6.09 Å². The molecule has 1 heterocycles. The molecule has 0 unspecified atom stereocenters. The standard InChI is InChI=1S/C23H22N2O3/c1-15-12-16(13-22(26)25-15)10-11-24-23(27)28-14-21-19-8-4-2-6-17(19)18-7-3-5-9-20(18)21/h2-9,12-13,21H,10-11,14H2,1H3,(H,24,27)(H,25,26). The van der Waals surface area contributed by atoms with Gasteiger partial charge >= 0.3 is 6.09 Å². The zero-order valence-corrected chi connectivity index (χ0v) is 15.7. The number of amides is 1. The van der Waals surface area contributed by atoms with Crippen molar-refractivity contribution in [2.45, 2.75) is 19.3 Å². The second-order valence-electron chi connectivity index (χ2n) is 7.04. The molecular weight excluding hydrogens is 352 g/mol. The van der Waals surface area contributed by atoms with Crippen LogP contribution in [0.5, 0.6) is 0 Å². The number of aromatic amines is 1. The molecule has 1 aromatic heterocycles. The molecule has 0 saturated carbocycles. The molecule has 2 N–H and O–H groups in total. The molecule has 0 spiro atoms. The van der Waals surface area contributed by atoms with Crippen LogP contribution in [0.2, 0.25) is 0 Å². The van der Waals surface area contributed by atoms with Gasteiger partial charge in [0, 0.05) is 24.2 Å². The summed E-state index contributed by atoms with van der Waals surface area (Å²) in [4.78, 5) is 26.3. The van der Waals surface area contributed by atoms with E-state index < -0.39 is 6.09 Å². The minimum atomic E-state index is -0.441. The van der Waals surface area contributed by atoms with Gasteiger partial charge in [-0.25, -0.2) is 4.79 Å². The number of hydrogen-bond donors (Lipinski definition) is 2. The van der Waals surface area contributed by atoms with Gasteiger partial charge in [0.15, 0.2) is 0 Å². The Morgan fingerprint density at radius 1 is 1.04 bits per heavy atom. The first-order valence-electron chi connectivity index (χ1n) is 9.40. The maximum atomic E-state index is 12.1. The zero-order valence-electron chi connectivity index (χ0n) is 15.7. The Morgan fingerprint density at radius 2 is 1.68 bits per heavy atom. The van der Waals surface area contributed by atoms with Crippen LogP contribution in [0, 0.1) is 6.92 Å². The number of carbonyl (C=O) groups excluding carboxylic acids is 1.